The number of carbonyl (C=O) groups is 2. The number of anilines is 1. The number of benzene rings is 3. The summed E-state index contributed by atoms with van der Waals surface area (Å²) in [5.74, 6) is -0.723. The van der Waals surface area contributed by atoms with Gasteiger partial charge in [-0.3, -0.25) is 9.59 Å². The third-order valence-electron chi connectivity index (χ3n) is 4.98. The van der Waals surface area contributed by atoms with Crippen LogP contribution in [0.2, 0.25) is 0 Å². The van der Waals surface area contributed by atoms with E-state index in [0.29, 0.717) is 23.4 Å². The highest BCUT2D eigenvalue weighted by Crippen LogP contribution is 2.43. The maximum atomic E-state index is 13.3. The summed E-state index contributed by atoms with van der Waals surface area (Å²) in [4.78, 5) is 27.6. The molecule has 0 saturated carbocycles. The van der Waals surface area contributed by atoms with Gasteiger partial charge in [0.05, 0.1) is 18.7 Å². The molecule has 3 aromatic carbocycles. The van der Waals surface area contributed by atoms with Crippen molar-refractivity contribution < 1.29 is 14.7 Å². The number of amides is 1. The van der Waals surface area contributed by atoms with Gasteiger partial charge in [-0.15, -0.1) is 0 Å². The van der Waals surface area contributed by atoms with E-state index in [-0.39, 0.29) is 12.2 Å². The highest BCUT2D eigenvalue weighted by Gasteiger charge is 2.50. The average molecular weight is 483 g/mol. The summed E-state index contributed by atoms with van der Waals surface area (Å²) in [5.41, 5.74) is 0.724. The standard InChI is InChI=1S/C23H18INO3/c24-18-10-6-7-16(13-18)15-25-20-12-5-4-11-19(20)23(28,22(25)27)14-21(26)17-8-2-1-3-9-17/h1-13,28H,14-15H2/t23-/m1/s1. The second-order valence-electron chi connectivity index (χ2n) is 6.86. The first-order valence-corrected chi connectivity index (χ1v) is 10.0. The van der Waals surface area contributed by atoms with E-state index in [2.05, 4.69) is 22.6 Å². The molecule has 1 atom stereocenters. The predicted molar refractivity (Wildman–Crippen MR) is 116 cm³/mol. The van der Waals surface area contributed by atoms with Crippen LogP contribution in [0.4, 0.5) is 5.69 Å². The lowest BCUT2D eigenvalue weighted by Crippen LogP contribution is -2.41. The van der Waals surface area contributed by atoms with Gasteiger partial charge < -0.3 is 10.0 Å². The Balaban J connectivity index is 1.69. The molecule has 0 fully saturated rings. The second kappa shape index (κ2) is 7.48. The van der Waals surface area contributed by atoms with Crippen LogP contribution in [0.1, 0.15) is 27.9 Å². The minimum Gasteiger partial charge on any atom is -0.375 e. The zero-order chi connectivity index (χ0) is 19.7. The van der Waals surface area contributed by atoms with Crippen molar-refractivity contribution in [3.63, 3.8) is 0 Å². The molecule has 1 heterocycles. The molecule has 5 heteroatoms. The molecule has 0 bridgehead atoms. The monoisotopic (exact) mass is 483 g/mol. The lowest BCUT2D eigenvalue weighted by atomic mass is 9.88. The van der Waals surface area contributed by atoms with E-state index >= 15 is 0 Å². The smallest absolute Gasteiger partial charge is 0.264 e. The zero-order valence-corrected chi connectivity index (χ0v) is 17.2. The van der Waals surface area contributed by atoms with E-state index in [4.69, 9.17) is 0 Å². The van der Waals surface area contributed by atoms with Crippen molar-refractivity contribution in [2.45, 2.75) is 18.6 Å². The van der Waals surface area contributed by atoms with Gasteiger partial charge in [-0.1, -0.05) is 60.7 Å². The minimum atomic E-state index is -1.86. The Morgan fingerprint density at radius 2 is 1.68 bits per heavy atom. The van der Waals surface area contributed by atoms with Gasteiger partial charge in [-0.25, -0.2) is 0 Å². The van der Waals surface area contributed by atoms with E-state index < -0.39 is 11.5 Å². The summed E-state index contributed by atoms with van der Waals surface area (Å²) in [6.45, 7) is 0.342. The Morgan fingerprint density at radius 3 is 2.43 bits per heavy atom. The molecule has 140 valence electrons. The van der Waals surface area contributed by atoms with Crippen LogP contribution < -0.4 is 4.90 Å². The number of hydrogen-bond acceptors (Lipinski definition) is 3. The number of carbonyl (C=O) groups excluding carboxylic acids is 2. The molecule has 28 heavy (non-hydrogen) atoms. The quantitative estimate of drug-likeness (QED) is 0.435. The Bertz CT molecular complexity index is 1050. The molecular weight excluding hydrogens is 465 g/mol. The molecule has 0 spiro atoms. The molecule has 0 radical (unpaired) electrons. The summed E-state index contributed by atoms with van der Waals surface area (Å²) in [6.07, 6.45) is -0.282. The largest absolute Gasteiger partial charge is 0.375 e. The van der Waals surface area contributed by atoms with Gasteiger partial charge in [-0.2, -0.15) is 0 Å². The highest BCUT2D eigenvalue weighted by molar-refractivity contribution is 14.1. The first-order valence-electron chi connectivity index (χ1n) is 8.95. The number of ketones is 1. The maximum absolute atomic E-state index is 13.3. The summed E-state index contributed by atoms with van der Waals surface area (Å²) in [7, 11) is 0. The lowest BCUT2D eigenvalue weighted by Gasteiger charge is -2.23. The number of nitrogens with zero attached hydrogens (tertiary/aromatic N) is 1. The van der Waals surface area contributed by atoms with Crippen LogP contribution in [0, 0.1) is 3.57 Å². The van der Waals surface area contributed by atoms with Gasteiger partial charge in [0.25, 0.3) is 5.91 Å². The molecule has 0 unspecified atom stereocenters. The number of fused-ring (bicyclic) bond motifs is 1. The van der Waals surface area contributed by atoms with Crippen LogP contribution in [-0.2, 0) is 16.9 Å². The average Bonchev–Trinajstić information content (AvgIpc) is 2.91. The Hall–Kier alpha value is -2.51. The Morgan fingerprint density at radius 1 is 0.964 bits per heavy atom. The SMILES string of the molecule is O=C(C[C@]1(O)C(=O)N(Cc2cccc(I)c2)c2ccccc21)c1ccccc1. The minimum absolute atomic E-state index is 0.262. The number of hydrogen-bond donors (Lipinski definition) is 1. The summed E-state index contributed by atoms with van der Waals surface area (Å²) in [5, 5.41) is 11.3. The van der Waals surface area contributed by atoms with Gasteiger partial charge in [0, 0.05) is 14.7 Å². The van der Waals surface area contributed by atoms with Gasteiger partial charge in [0.1, 0.15) is 0 Å². The fourth-order valence-electron chi connectivity index (χ4n) is 3.61. The molecule has 0 saturated heterocycles. The number of para-hydroxylation sites is 1. The predicted octanol–water partition coefficient (Wildman–Crippen LogP) is 4.30. The van der Waals surface area contributed by atoms with Crippen molar-refractivity contribution in [3.8, 4) is 0 Å². The van der Waals surface area contributed by atoms with Crippen LogP contribution in [0.15, 0.2) is 78.9 Å². The first kappa shape index (κ1) is 18.8. The number of rotatable bonds is 5. The normalized spacial score (nSPS) is 18.2. The van der Waals surface area contributed by atoms with Gasteiger partial charge in [0.2, 0.25) is 0 Å². The first-order chi connectivity index (χ1) is 13.5. The Kier molecular flexibility index (Phi) is 5.03. The zero-order valence-electron chi connectivity index (χ0n) is 15.0. The van der Waals surface area contributed by atoms with Gasteiger partial charge in [0.15, 0.2) is 11.4 Å². The van der Waals surface area contributed by atoms with E-state index in [1.807, 2.05) is 42.5 Å². The van der Waals surface area contributed by atoms with Crippen molar-refractivity contribution >= 4 is 40.0 Å². The van der Waals surface area contributed by atoms with Crippen molar-refractivity contribution in [1.29, 1.82) is 0 Å². The van der Waals surface area contributed by atoms with Crippen molar-refractivity contribution in [1.82, 2.24) is 0 Å². The summed E-state index contributed by atoms with van der Waals surface area (Å²) >= 11 is 2.23. The fraction of sp³-hybridized carbons (Fsp3) is 0.130. The van der Waals surface area contributed by atoms with E-state index in [1.54, 1.807) is 41.3 Å². The number of aliphatic hydroxyl groups is 1. The molecule has 3 aromatic rings. The van der Waals surface area contributed by atoms with Crippen molar-refractivity contribution in [3.05, 3.63) is 99.1 Å². The third kappa shape index (κ3) is 3.36. The van der Waals surface area contributed by atoms with Crippen LogP contribution in [0.3, 0.4) is 0 Å². The van der Waals surface area contributed by atoms with Gasteiger partial charge >= 0.3 is 0 Å². The van der Waals surface area contributed by atoms with Crippen molar-refractivity contribution in [2.24, 2.45) is 0 Å². The van der Waals surface area contributed by atoms with E-state index in [0.717, 1.165) is 9.13 Å². The summed E-state index contributed by atoms with van der Waals surface area (Å²) < 4.78 is 1.07. The highest BCUT2D eigenvalue weighted by atomic mass is 127. The Labute approximate surface area is 177 Å². The molecular formula is C23H18INO3. The fourth-order valence-corrected chi connectivity index (χ4v) is 4.22. The number of Topliss-reactive ketones (excluding diaryl/α,β-unsaturated/α-hetero) is 1. The molecule has 1 N–H and O–H groups in total. The van der Waals surface area contributed by atoms with Crippen molar-refractivity contribution in [2.75, 3.05) is 4.90 Å². The van der Waals surface area contributed by atoms with Crippen LogP contribution in [0.25, 0.3) is 0 Å². The van der Waals surface area contributed by atoms with Crippen LogP contribution >= 0.6 is 22.6 Å². The van der Waals surface area contributed by atoms with E-state index in [9.17, 15) is 14.7 Å². The molecule has 1 aliphatic rings. The second-order valence-corrected chi connectivity index (χ2v) is 8.11. The van der Waals surface area contributed by atoms with Crippen LogP contribution in [0.5, 0.6) is 0 Å². The van der Waals surface area contributed by atoms with Gasteiger partial charge in [-0.05, 0) is 46.4 Å². The molecule has 4 rings (SSSR count). The molecule has 0 aromatic heterocycles. The van der Waals surface area contributed by atoms with E-state index in [1.165, 1.54) is 0 Å². The number of halogens is 1. The topological polar surface area (TPSA) is 57.6 Å². The molecule has 1 amide bonds. The molecule has 4 nitrogen and oxygen atoms in total. The van der Waals surface area contributed by atoms with Crippen LogP contribution in [-0.4, -0.2) is 16.8 Å². The molecule has 0 aliphatic carbocycles. The maximum Gasteiger partial charge on any atom is 0.264 e. The third-order valence-corrected chi connectivity index (χ3v) is 5.65. The lowest BCUT2D eigenvalue weighted by molar-refractivity contribution is -0.136. The molecule has 1 aliphatic heterocycles. The summed E-state index contributed by atoms with van der Waals surface area (Å²) in [6, 6.07) is 23.8.